The normalized spacial score (nSPS) is 12.5. The third kappa shape index (κ3) is 1.39. The van der Waals surface area contributed by atoms with Crippen molar-refractivity contribution in [2.24, 2.45) is 0 Å². The zero-order valence-corrected chi connectivity index (χ0v) is 9.33. The van der Waals surface area contributed by atoms with E-state index in [1.54, 1.807) is 16.7 Å². The second-order valence-corrected chi connectivity index (χ2v) is 3.88. The van der Waals surface area contributed by atoms with Gasteiger partial charge in [0.15, 0.2) is 11.5 Å². The van der Waals surface area contributed by atoms with E-state index in [1.165, 1.54) is 0 Å². The molecule has 18 heavy (non-hydrogen) atoms. The topological polar surface area (TPSA) is 84.6 Å². The molecule has 0 aliphatic carbocycles. The minimum Gasteiger partial charge on any atom is -0.483 e. The van der Waals surface area contributed by atoms with Crippen molar-refractivity contribution in [3.05, 3.63) is 41.5 Å². The van der Waals surface area contributed by atoms with Gasteiger partial charge in [-0.15, -0.1) is 0 Å². The van der Waals surface area contributed by atoms with Crippen molar-refractivity contribution in [3.8, 4) is 11.4 Å². The number of hydrogen-bond acceptors (Lipinski definition) is 4. The van der Waals surface area contributed by atoms with E-state index in [2.05, 4.69) is 4.98 Å². The third-order valence-electron chi connectivity index (χ3n) is 2.86. The van der Waals surface area contributed by atoms with Crippen molar-refractivity contribution in [2.75, 3.05) is 0 Å². The maximum atomic E-state index is 11.1. The number of carbonyl (C=O) groups is 1. The van der Waals surface area contributed by atoms with Crippen LogP contribution < -0.4 is 4.74 Å². The molecule has 0 saturated carbocycles. The number of ether oxygens (including phenoxy) is 1. The van der Waals surface area contributed by atoms with Crippen molar-refractivity contribution in [3.63, 3.8) is 0 Å². The molecule has 0 fully saturated rings. The first-order valence-electron chi connectivity index (χ1n) is 5.39. The largest absolute Gasteiger partial charge is 0.483 e. The molecule has 1 aromatic carbocycles. The van der Waals surface area contributed by atoms with Crippen LogP contribution in [0.5, 0.6) is 5.75 Å². The number of fused-ring (bicyclic) bond motifs is 3. The number of carboxylic acids is 1. The molecule has 92 valence electrons. The van der Waals surface area contributed by atoms with Gasteiger partial charge in [0, 0.05) is 0 Å². The van der Waals surface area contributed by atoms with Crippen LogP contribution in [0.15, 0.2) is 24.3 Å². The SMILES string of the molecule is O=C(O)c1nc2n(c1CO)-c1ccccc1OC2. The Morgan fingerprint density at radius 1 is 1.44 bits per heavy atom. The predicted molar refractivity (Wildman–Crippen MR) is 60.8 cm³/mol. The highest BCUT2D eigenvalue weighted by Crippen LogP contribution is 2.31. The second-order valence-electron chi connectivity index (χ2n) is 3.88. The summed E-state index contributed by atoms with van der Waals surface area (Å²) in [4.78, 5) is 15.1. The van der Waals surface area contributed by atoms with E-state index >= 15 is 0 Å². The lowest BCUT2D eigenvalue weighted by atomic mass is 10.2. The summed E-state index contributed by atoms with van der Waals surface area (Å²) in [7, 11) is 0. The number of nitrogens with zero attached hydrogens (tertiary/aromatic N) is 2. The summed E-state index contributed by atoms with van der Waals surface area (Å²) in [5, 5.41) is 18.4. The molecular formula is C12H10N2O4. The number of para-hydroxylation sites is 2. The lowest BCUT2D eigenvalue weighted by Crippen LogP contribution is -2.15. The van der Waals surface area contributed by atoms with Crippen LogP contribution in [0, 0.1) is 0 Å². The Kier molecular flexibility index (Phi) is 2.31. The number of benzene rings is 1. The van der Waals surface area contributed by atoms with E-state index in [-0.39, 0.29) is 24.6 Å². The van der Waals surface area contributed by atoms with Gasteiger partial charge in [0.05, 0.1) is 18.0 Å². The average molecular weight is 246 g/mol. The molecule has 1 aliphatic rings. The molecule has 0 radical (unpaired) electrons. The average Bonchev–Trinajstić information content (AvgIpc) is 2.77. The predicted octanol–water partition coefficient (Wildman–Crippen LogP) is 0.955. The van der Waals surface area contributed by atoms with E-state index in [0.29, 0.717) is 17.3 Å². The van der Waals surface area contributed by atoms with Gasteiger partial charge in [-0.2, -0.15) is 0 Å². The van der Waals surface area contributed by atoms with Crippen LogP contribution in [0.25, 0.3) is 5.69 Å². The number of aromatic nitrogens is 2. The van der Waals surface area contributed by atoms with Gasteiger partial charge in [-0.3, -0.25) is 4.57 Å². The summed E-state index contributed by atoms with van der Waals surface area (Å²) in [6, 6.07) is 7.24. The third-order valence-corrected chi connectivity index (χ3v) is 2.86. The molecule has 6 heteroatoms. The number of rotatable bonds is 2. The number of imidazole rings is 1. The summed E-state index contributed by atoms with van der Waals surface area (Å²) in [6.45, 7) is -0.194. The highest BCUT2D eigenvalue weighted by molar-refractivity contribution is 5.87. The van der Waals surface area contributed by atoms with Crippen molar-refractivity contribution in [1.29, 1.82) is 0 Å². The molecule has 0 bridgehead atoms. The van der Waals surface area contributed by atoms with Crippen molar-refractivity contribution in [1.82, 2.24) is 9.55 Å². The molecule has 1 aliphatic heterocycles. The minimum absolute atomic E-state index is 0.132. The Balaban J connectivity index is 2.29. The number of hydrogen-bond donors (Lipinski definition) is 2. The van der Waals surface area contributed by atoms with E-state index in [0.717, 1.165) is 0 Å². The summed E-state index contributed by atoms with van der Waals surface area (Å²) in [6.07, 6.45) is 0. The molecular weight excluding hydrogens is 236 g/mol. The fourth-order valence-electron chi connectivity index (χ4n) is 2.11. The van der Waals surface area contributed by atoms with Gasteiger partial charge in [0.1, 0.15) is 12.4 Å². The van der Waals surface area contributed by atoms with Crippen molar-refractivity contribution in [2.45, 2.75) is 13.2 Å². The summed E-state index contributed by atoms with van der Waals surface area (Å²) >= 11 is 0. The molecule has 2 heterocycles. The maximum Gasteiger partial charge on any atom is 0.356 e. The fraction of sp³-hybridized carbons (Fsp3) is 0.167. The van der Waals surface area contributed by atoms with E-state index in [9.17, 15) is 9.90 Å². The van der Waals surface area contributed by atoms with Crippen LogP contribution in [-0.4, -0.2) is 25.7 Å². The van der Waals surface area contributed by atoms with Gasteiger partial charge in [-0.1, -0.05) is 12.1 Å². The molecule has 2 aromatic rings. The molecule has 2 N–H and O–H groups in total. The lowest BCUT2D eigenvalue weighted by molar-refractivity contribution is 0.0687. The summed E-state index contributed by atoms with van der Waals surface area (Å²) in [5.74, 6) is -0.0254. The van der Waals surface area contributed by atoms with Crippen LogP contribution in [-0.2, 0) is 13.2 Å². The maximum absolute atomic E-state index is 11.1. The number of aliphatic hydroxyl groups excluding tert-OH is 1. The van der Waals surface area contributed by atoms with Crippen LogP contribution in [0.3, 0.4) is 0 Å². The summed E-state index contributed by atoms with van der Waals surface area (Å²) < 4.78 is 7.13. The monoisotopic (exact) mass is 246 g/mol. The van der Waals surface area contributed by atoms with Crippen LogP contribution >= 0.6 is 0 Å². The molecule has 1 aromatic heterocycles. The first-order valence-corrected chi connectivity index (χ1v) is 5.39. The van der Waals surface area contributed by atoms with E-state index < -0.39 is 5.97 Å². The molecule has 0 saturated heterocycles. The zero-order valence-electron chi connectivity index (χ0n) is 9.33. The Bertz CT molecular complexity index is 633. The van der Waals surface area contributed by atoms with E-state index in [4.69, 9.17) is 9.84 Å². The highest BCUT2D eigenvalue weighted by Gasteiger charge is 2.26. The van der Waals surface area contributed by atoms with Crippen LogP contribution in [0.4, 0.5) is 0 Å². The first kappa shape index (κ1) is 10.8. The minimum atomic E-state index is -1.15. The van der Waals surface area contributed by atoms with Crippen LogP contribution in [0.1, 0.15) is 22.0 Å². The molecule has 3 rings (SSSR count). The van der Waals surface area contributed by atoms with Gasteiger partial charge in [0.25, 0.3) is 0 Å². The smallest absolute Gasteiger partial charge is 0.356 e. The summed E-state index contributed by atoms with van der Waals surface area (Å²) in [5.41, 5.74) is 0.837. The standard InChI is InChI=1S/C12H10N2O4/c15-5-8-11(12(16)17)13-10-6-18-9-4-2-1-3-7(9)14(8)10/h1-4,15H,5-6H2,(H,16,17). The molecule has 0 amide bonds. The van der Waals surface area contributed by atoms with Crippen molar-refractivity contribution >= 4 is 5.97 Å². The second kappa shape index (κ2) is 3.85. The quantitative estimate of drug-likeness (QED) is 0.824. The van der Waals surface area contributed by atoms with Gasteiger partial charge >= 0.3 is 5.97 Å². The van der Waals surface area contributed by atoms with E-state index in [1.807, 2.05) is 12.1 Å². The molecule has 0 spiro atoms. The molecule has 0 atom stereocenters. The highest BCUT2D eigenvalue weighted by atomic mass is 16.5. The Morgan fingerprint density at radius 3 is 2.94 bits per heavy atom. The van der Waals surface area contributed by atoms with Gasteiger partial charge in [-0.25, -0.2) is 9.78 Å². The Labute approximate surface area is 102 Å². The number of aromatic carboxylic acids is 1. The van der Waals surface area contributed by atoms with Gasteiger partial charge in [-0.05, 0) is 12.1 Å². The Hall–Kier alpha value is -2.34. The van der Waals surface area contributed by atoms with Crippen LogP contribution in [0.2, 0.25) is 0 Å². The molecule has 6 nitrogen and oxygen atoms in total. The number of aliphatic hydroxyl groups is 1. The Morgan fingerprint density at radius 2 is 2.22 bits per heavy atom. The van der Waals surface area contributed by atoms with Crippen molar-refractivity contribution < 1.29 is 19.7 Å². The lowest BCUT2D eigenvalue weighted by Gasteiger charge is -2.20. The van der Waals surface area contributed by atoms with Gasteiger partial charge < -0.3 is 14.9 Å². The zero-order chi connectivity index (χ0) is 12.7. The molecule has 0 unspecified atom stereocenters. The van der Waals surface area contributed by atoms with Gasteiger partial charge in [0.2, 0.25) is 0 Å². The fourth-order valence-corrected chi connectivity index (χ4v) is 2.11. The number of carboxylic acid groups (broad SMARTS) is 1. The first-order chi connectivity index (χ1) is 8.72.